The number of benzene rings is 1. The van der Waals surface area contributed by atoms with E-state index >= 15 is 0 Å². The molecule has 1 aromatic rings. The van der Waals surface area contributed by atoms with Crippen LogP contribution in [0.1, 0.15) is 20.3 Å². The van der Waals surface area contributed by atoms with E-state index in [9.17, 15) is 9.59 Å². The lowest BCUT2D eigenvalue weighted by atomic mass is 9.97. The molecule has 0 spiro atoms. The highest BCUT2D eigenvalue weighted by molar-refractivity contribution is 6.39. The van der Waals surface area contributed by atoms with E-state index in [1.54, 1.807) is 32.0 Å². The summed E-state index contributed by atoms with van der Waals surface area (Å²) in [6.07, 6.45) is 0.905. The number of ether oxygens (including phenoxy) is 1. The summed E-state index contributed by atoms with van der Waals surface area (Å²) in [6.45, 7) is 3.64. The highest BCUT2D eigenvalue weighted by Gasteiger charge is 2.42. The van der Waals surface area contributed by atoms with Gasteiger partial charge in [-0.2, -0.15) is 5.10 Å². The maximum Gasteiger partial charge on any atom is 0.354 e. The molecule has 1 aromatic carbocycles. The molecular weight excluding hydrogens is 315 g/mol. The smallest absolute Gasteiger partial charge is 0.354 e. The van der Waals surface area contributed by atoms with Crippen LogP contribution in [0.5, 0.6) is 0 Å². The van der Waals surface area contributed by atoms with Crippen LogP contribution in [-0.2, 0) is 14.3 Å². The first-order valence-electron chi connectivity index (χ1n) is 6.37. The first-order valence-corrected chi connectivity index (χ1v) is 7.13. The number of nitrogens with zero attached hydrogens (tertiary/aromatic N) is 2. The molecule has 21 heavy (non-hydrogen) atoms. The van der Waals surface area contributed by atoms with Gasteiger partial charge in [0.25, 0.3) is 0 Å². The van der Waals surface area contributed by atoms with Crippen molar-refractivity contribution < 1.29 is 14.3 Å². The summed E-state index contributed by atoms with van der Waals surface area (Å²) >= 11 is 12.0. The van der Waals surface area contributed by atoms with Crippen molar-refractivity contribution in [1.82, 2.24) is 0 Å². The lowest BCUT2D eigenvalue weighted by Gasteiger charge is -2.29. The molecule has 0 radical (unpaired) electrons. The van der Waals surface area contributed by atoms with Crippen LogP contribution in [0.25, 0.3) is 0 Å². The Hall–Kier alpha value is -1.59. The van der Waals surface area contributed by atoms with Gasteiger partial charge in [-0.05, 0) is 32.0 Å². The van der Waals surface area contributed by atoms with Gasteiger partial charge < -0.3 is 9.53 Å². The Labute approximate surface area is 132 Å². The maximum atomic E-state index is 11.8. The fraction of sp³-hybridized carbons (Fsp3) is 0.357. The van der Waals surface area contributed by atoms with E-state index in [2.05, 4.69) is 5.10 Å². The summed E-state index contributed by atoms with van der Waals surface area (Å²) in [5.74, 6) is -0.529. The van der Waals surface area contributed by atoms with Crippen LogP contribution in [0.3, 0.4) is 0 Å². The SMILES string of the molecule is CCOC(=O)C1=NN(c2ccc(Cl)cc2Cl)C(C)(C=O)C1. The molecule has 0 bridgehead atoms. The van der Waals surface area contributed by atoms with Gasteiger partial charge in [-0.15, -0.1) is 0 Å². The number of hydrazone groups is 1. The van der Waals surface area contributed by atoms with E-state index in [0.29, 0.717) is 15.7 Å². The van der Waals surface area contributed by atoms with E-state index < -0.39 is 11.5 Å². The Morgan fingerprint density at radius 2 is 2.24 bits per heavy atom. The average molecular weight is 329 g/mol. The standard InChI is InChI=1S/C14H14Cl2N2O3/c1-3-21-13(20)11-7-14(2,8-19)18(17-11)12-5-4-9(15)6-10(12)16/h4-6,8H,3,7H2,1-2H3. The van der Waals surface area contributed by atoms with E-state index in [-0.39, 0.29) is 18.7 Å². The number of hydrogen-bond donors (Lipinski definition) is 0. The van der Waals surface area contributed by atoms with Crippen LogP contribution in [-0.4, -0.2) is 30.1 Å². The second-order valence-electron chi connectivity index (χ2n) is 4.83. The normalized spacial score (nSPS) is 21.1. The van der Waals surface area contributed by atoms with Crippen LogP contribution < -0.4 is 5.01 Å². The van der Waals surface area contributed by atoms with Crippen molar-refractivity contribution in [3.8, 4) is 0 Å². The van der Waals surface area contributed by atoms with Crippen molar-refractivity contribution >= 4 is 46.9 Å². The third kappa shape index (κ3) is 3.04. The van der Waals surface area contributed by atoms with Gasteiger partial charge in [0, 0.05) is 11.4 Å². The second kappa shape index (κ2) is 6.03. The number of rotatable bonds is 4. The van der Waals surface area contributed by atoms with Crippen molar-refractivity contribution in [3.05, 3.63) is 28.2 Å². The Morgan fingerprint density at radius 3 is 2.81 bits per heavy atom. The molecule has 1 unspecified atom stereocenters. The molecule has 1 aliphatic rings. The lowest BCUT2D eigenvalue weighted by Crippen LogP contribution is -2.41. The Kier molecular flexibility index (Phi) is 4.54. The van der Waals surface area contributed by atoms with Gasteiger partial charge >= 0.3 is 5.97 Å². The third-order valence-corrected chi connectivity index (χ3v) is 3.67. The summed E-state index contributed by atoms with van der Waals surface area (Å²) in [5.41, 5.74) is -0.285. The fourth-order valence-electron chi connectivity index (χ4n) is 2.09. The monoisotopic (exact) mass is 328 g/mol. The Bertz CT molecular complexity index is 618. The minimum absolute atomic E-state index is 0.161. The molecule has 0 aliphatic carbocycles. The molecule has 2 rings (SSSR count). The molecule has 0 aromatic heterocycles. The lowest BCUT2D eigenvalue weighted by molar-refractivity contribution is -0.135. The summed E-state index contributed by atoms with van der Waals surface area (Å²) in [6, 6.07) is 4.86. The van der Waals surface area contributed by atoms with Gasteiger partial charge in [0.1, 0.15) is 17.5 Å². The summed E-state index contributed by atoms with van der Waals surface area (Å²) in [7, 11) is 0. The minimum atomic E-state index is -0.987. The van der Waals surface area contributed by atoms with E-state index in [1.165, 1.54) is 5.01 Å². The van der Waals surface area contributed by atoms with Crippen LogP contribution in [0.15, 0.2) is 23.3 Å². The van der Waals surface area contributed by atoms with Crippen molar-refractivity contribution in [3.63, 3.8) is 0 Å². The predicted molar refractivity (Wildman–Crippen MR) is 82.1 cm³/mol. The number of anilines is 1. The zero-order valence-corrected chi connectivity index (χ0v) is 13.1. The first-order chi connectivity index (χ1) is 9.91. The highest BCUT2D eigenvalue weighted by atomic mass is 35.5. The fourth-order valence-corrected chi connectivity index (χ4v) is 2.57. The van der Waals surface area contributed by atoms with Crippen LogP contribution >= 0.6 is 23.2 Å². The molecule has 0 fully saturated rings. The van der Waals surface area contributed by atoms with Crippen molar-refractivity contribution in [2.45, 2.75) is 25.8 Å². The van der Waals surface area contributed by atoms with Crippen LogP contribution in [0.4, 0.5) is 5.69 Å². The van der Waals surface area contributed by atoms with Crippen molar-refractivity contribution in [2.24, 2.45) is 5.10 Å². The number of aldehydes is 1. The number of esters is 1. The molecule has 0 saturated heterocycles. The zero-order chi connectivity index (χ0) is 15.6. The number of halogens is 2. The van der Waals surface area contributed by atoms with Crippen molar-refractivity contribution in [1.29, 1.82) is 0 Å². The highest BCUT2D eigenvalue weighted by Crippen LogP contribution is 2.37. The number of carbonyl (C=O) groups excluding carboxylic acids is 2. The van der Waals surface area contributed by atoms with Gasteiger partial charge in [0.2, 0.25) is 0 Å². The topological polar surface area (TPSA) is 59.0 Å². The van der Waals surface area contributed by atoms with E-state index in [1.807, 2.05) is 0 Å². The van der Waals surface area contributed by atoms with Gasteiger partial charge in [-0.25, -0.2) is 4.79 Å². The minimum Gasteiger partial charge on any atom is -0.461 e. The molecule has 7 heteroatoms. The molecule has 5 nitrogen and oxygen atoms in total. The Morgan fingerprint density at radius 1 is 1.52 bits per heavy atom. The predicted octanol–water partition coefficient (Wildman–Crippen LogP) is 3.08. The first kappa shape index (κ1) is 15.8. The van der Waals surface area contributed by atoms with Gasteiger partial charge in [0.15, 0.2) is 0 Å². The van der Waals surface area contributed by atoms with Crippen LogP contribution in [0, 0.1) is 0 Å². The molecule has 112 valence electrons. The third-order valence-electron chi connectivity index (χ3n) is 3.13. The quantitative estimate of drug-likeness (QED) is 0.629. The molecule has 1 atom stereocenters. The van der Waals surface area contributed by atoms with Gasteiger partial charge in [-0.1, -0.05) is 23.2 Å². The van der Waals surface area contributed by atoms with E-state index in [4.69, 9.17) is 27.9 Å². The van der Waals surface area contributed by atoms with Crippen LogP contribution in [0.2, 0.25) is 10.0 Å². The number of hydrogen-bond acceptors (Lipinski definition) is 5. The largest absolute Gasteiger partial charge is 0.461 e. The molecule has 0 saturated carbocycles. The average Bonchev–Trinajstić information content (AvgIpc) is 2.78. The van der Waals surface area contributed by atoms with Gasteiger partial charge in [-0.3, -0.25) is 5.01 Å². The summed E-state index contributed by atoms with van der Waals surface area (Å²) < 4.78 is 4.93. The molecular formula is C14H14Cl2N2O3. The Balaban J connectivity index is 2.43. The molecule has 1 heterocycles. The maximum absolute atomic E-state index is 11.8. The summed E-state index contributed by atoms with van der Waals surface area (Å²) in [4.78, 5) is 23.3. The second-order valence-corrected chi connectivity index (χ2v) is 5.67. The molecule has 0 amide bonds. The number of carbonyl (C=O) groups is 2. The zero-order valence-electron chi connectivity index (χ0n) is 11.6. The van der Waals surface area contributed by atoms with Crippen molar-refractivity contribution in [2.75, 3.05) is 11.6 Å². The van der Waals surface area contributed by atoms with Gasteiger partial charge in [0.05, 0.1) is 17.3 Å². The summed E-state index contributed by atoms with van der Waals surface area (Å²) in [5, 5.41) is 6.47. The molecule has 0 N–H and O–H groups in total. The van der Waals surface area contributed by atoms with E-state index in [0.717, 1.165) is 6.29 Å². The molecule has 1 aliphatic heterocycles.